The van der Waals surface area contributed by atoms with Crippen LogP contribution in [0.4, 0.5) is 0 Å². The fourth-order valence-electron chi connectivity index (χ4n) is 2.82. The Labute approximate surface area is 120 Å². The van der Waals surface area contributed by atoms with Gasteiger partial charge in [-0.05, 0) is 46.5 Å². The van der Waals surface area contributed by atoms with Crippen LogP contribution in [-0.4, -0.2) is 28.9 Å². The lowest BCUT2D eigenvalue weighted by atomic mass is 9.81. The summed E-state index contributed by atoms with van der Waals surface area (Å²) in [5.41, 5.74) is -0.538. The van der Waals surface area contributed by atoms with E-state index in [-0.39, 0.29) is 0 Å². The third kappa shape index (κ3) is 2.77. The van der Waals surface area contributed by atoms with Gasteiger partial charge >= 0.3 is 5.97 Å². The number of carbonyl (C=O) groups is 1. The smallest absolute Gasteiger partial charge is 0.313 e. The number of carboxylic acid groups (broad SMARTS) is 1. The molecule has 1 aromatic carbocycles. The van der Waals surface area contributed by atoms with Crippen LogP contribution in [-0.2, 0) is 4.79 Å². The second-order valence-corrected chi connectivity index (χ2v) is 5.83. The van der Waals surface area contributed by atoms with Crippen LogP contribution in [0.25, 0.3) is 0 Å². The van der Waals surface area contributed by atoms with E-state index in [1.807, 2.05) is 0 Å². The van der Waals surface area contributed by atoms with Crippen molar-refractivity contribution >= 4 is 21.9 Å². The summed E-state index contributed by atoms with van der Waals surface area (Å²) in [6.45, 7) is 0. The molecule has 4 nitrogen and oxygen atoms in total. The summed E-state index contributed by atoms with van der Waals surface area (Å²) in [6, 6.07) is 5.14. The summed E-state index contributed by atoms with van der Waals surface area (Å²) in [5, 5.41) is 20.0. The molecule has 2 rings (SSSR count). The first-order valence-electron chi connectivity index (χ1n) is 6.26. The van der Waals surface area contributed by atoms with Gasteiger partial charge in [0.25, 0.3) is 0 Å². The highest BCUT2D eigenvalue weighted by molar-refractivity contribution is 9.10. The monoisotopic (exact) mass is 328 g/mol. The van der Waals surface area contributed by atoms with E-state index < -0.39 is 17.5 Å². The summed E-state index contributed by atoms with van der Waals surface area (Å²) in [6.07, 6.45) is 2.82. The van der Waals surface area contributed by atoms with Gasteiger partial charge in [-0.15, -0.1) is 0 Å². The summed E-state index contributed by atoms with van der Waals surface area (Å²) >= 11 is 3.35. The van der Waals surface area contributed by atoms with Crippen molar-refractivity contribution in [1.29, 1.82) is 0 Å². The van der Waals surface area contributed by atoms with Crippen molar-refractivity contribution in [3.8, 4) is 5.75 Å². The molecule has 1 saturated carbocycles. The van der Waals surface area contributed by atoms with E-state index >= 15 is 0 Å². The molecule has 0 heterocycles. The van der Waals surface area contributed by atoms with Gasteiger partial charge in [-0.2, -0.15) is 0 Å². The number of halogens is 1. The molecule has 0 unspecified atom stereocenters. The molecule has 0 spiro atoms. The lowest BCUT2D eigenvalue weighted by molar-refractivity contribution is -0.145. The Kier molecular flexibility index (Phi) is 4.16. The zero-order chi connectivity index (χ0) is 14.0. The molecule has 1 aromatic rings. The Balaban J connectivity index is 2.39. The van der Waals surface area contributed by atoms with Gasteiger partial charge in [0.15, 0.2) is 0 Å². The number of hydrogen-bond donors (Lipinski definition) is 2. The van der Waals surface area contributed by atoms with Gasteiger partial charge in [0.2, 0.25) is 0 Å². The van der Waals surface area contributed by atoms with Crippen LogP contribution in [0.1, 0.15) is 37.2 Å². The van der Waals surface area contributed by atoms with E-state index in [1.165, 1.54) is 0 Å². The van der Waals surface area contributed by atoms with Crippen LogP contribution in [0.2, 0.25) is 0 Å². The molecular formula is C14H17BrO4. The molecule has 1 aliphatic carbocycles. The normalized spacial score (nSPS) is 19.1. The van der Waals surface area contributed by atoms with Gasteiger partial charge in [-0.1, -0.05) is 18.9 Å². The number of carboxylic acids is 1. The van der Waals surface area contributed by atoms with Crippen LogP contribution in [0.3, 0.4) is 0 Å². The van der Waals surface area contributed by atoms with Gasteiger partial charge in [0.1, 0.15) is 11.7 Å². The molecule has 1 atom stereocenters. The highest BCUT2D eigenvalue weighted by Gasteiger charge is 2.44. The number of benzene rings is 1. The number of aliphatic carboxylic acids is 1. The minimum Gasteiger partial charge on any atom is -0.496 e. The third-order valence-corrected chi connectivity index (χ3v) is 4.38. The second kappa shape index (κ2) is 5.51. The zero-order valence-corrected chi connectivity index (χ0v) is 12.3. The second-order valence-electron chi connectivity index (χ2n) is 4.98. The first-order valence-corrected chi connectivity index (χ1v) is 7.06. The lowest BCUT2D eigenvalue weighted by Gasteiger charge is -2.30. The number of methoxy groups -OCH3 is 1. The Bertz CT molecular complexity index is 480. The number of rotatable bonds is 4. The van der Waals surface area contributed by atoms with E-state index in [0.717, 1.165) is 12.8 Å². The maximum Gasteiger partial charge on any atom is 0.313 e. The van der Waals surface area contributed by atoms with Crippen molar-refractivity contribution in [3.05, 3.63) is 28.2 Å². The molecule has 104 valence electrons. The van der Waals surface area contributed by atoms with E-state index in [2.05, 4.69) is 15.9 Å². The maximum absolute atomic E-state index is 11.6. The quantitative estimate of drug-likeness (QED) is 0.891. The zero-order valence-electron chi connectivity index (χ0n) is 10.7. The van der Waals surface area contributed by atoms with E-state index in [4.69, 9.17) is 4.74 Å². The molecule has 0 bridgehead atoms. The molecular weight excluding hydrogens is 312 g/mol. The molecule has 5 heteroatoms. The van der Waals surface area contributed by atoms with Crippen LogP contribution >= 0.6 is 15.9 Å². The lowest BCUT2D eigenvalue weighted by Crippen LogP contribution is -2.38. The Morgan fingerprint density at radius 2 is 2.05 bits per heavy atom. The predicted octanol–water partition coefficient (Wildman–Crippen LogP) is 2.93. The average Bonchev–Trinajstić information content (AvgIpc) is 2.76. The largest absolute Gasteiger partial charge is 0.496 e. The minimum atomic E-state index is -1.14. The molecule has 1 aliphatic rings. The van der Waals surface area contributed by atoms with Crippen LogP contribution in [0.5, 0.6) is 5.75 Å². The summed E-state index contributed by atoms with van der Waals surface area (Å²) < 4.78 is 5.83. The topological polar surface area (TPSA) is 66.8 Å². The first kappa shape index (κ1) is 14.3. The van der Waals surface area contributed by atoms with Gasteiger partial charge in [-0.3, -0.25) is 4.79 Å². The molecule has 0 amide bonds. The highest BCUT2D eigenvalue weighted by Crippen LogP contribution is 2.42. The van der Waals surface area contributed by atoms with Crippen molar-refractivity contribution in [2.24, 2.45) is 0 Å². The Morgan fingerprint density at radius 1 is 1.42 bits per heavy atom. The molecule has 0 saturated heterocycles. The number of ether oxygens (including phenoxy) is 1. The predicted molar refractivity (Wildman–Crippen MR) is 74.5 cm³/mol. The SMILES string of the molecule is COc1ccc([C@H](C(=O)O)C2(O)CCCC2)cc1Br. The minimum absolute atomic E-state index is 0.535. The summed E-state index contributed by atoms with van der Waals surface area (Å²) in [5.74, 6) is -1.23. The van der Waals surface area contributed by atoms with Crippen LogP contribution in [0.15, 0.2) is 22.7 Å². The third-order valence-electron chi connectivity index (χ3n) is 3.76. The summed E-state index contributed by atoms with van der Waals surface area (Å²) in [7, 11) is 1.55. The van der Waals surface area contributed by atoms with Gasteiger partial charge in [0, 0.05) is 0 Å². The molecule has 0 aliphatic heterocycles. The maximum atomic E-state index is 11.6. The number of aliphatic hydroxyl groups is 1. The fourth-order valence-corrected chi connectivity index (χ4v) is 3.38. The Morgan fingerprint density at radius 3 is 2.53 bits per heavy atom. The Hall–Kier alpha value is -1.07. The molecule has 19 heavy (non-hydrogen) atoms. The van der Waals surface area contributed by atoms with Crippen molar-refractivity contribution in [2.75, 3.05) is 7.11 Å². The molecule has 0 aromatic heterocycles. The molecule has 2 N–H and O–H groups in total. The van der Waals surface area contributed by atoms with E-state index in [9.17, 15) is 15.0 Å². The van der Waals surface area contributed by atoms with Crippen molar-refractivity contribution < 1.29 is 19.7 Å². The fraction of sp³-hybridized carbons (Fsp3) is 0.500. The van der Waals surface area contributed by atoms with Gasteiger partial charge in [-0.25, -0.2) is 0 Å². The van der Waals surface area contributed by atoms with E-state index in [0.29, 0.717) is 28.6 Å². The summed E-state index contributed by atoms with van der Waals surface area (Å²) in [4.78, 5) is 11.6. The van der Waals surface area contributed by atoms with Crippen molar-refractivity contribution in [3.63, 3.8) is 0 Å². The molecule has 0 radical (unpaired) electrons. The highest BCUT2D eigenvalue weighted by atomic mass is 79.9. The van der Waals surface area contributed by atoms with Gasteiger partial charge < -0.3 is 14.9 Å². The van der Waals surface area contributed by atoms with Crippen LogP contribution < -0.4 is 4.74 Å². The molecule has 1 fully saturated rings. The standard InChI is InChI=1S/C14H17BrO4/c1-19-11-5-4-9(8-10(11)15)12(13(16)17)14(18)6-2-3-7-14/h4-5,8,12,18H,2-3,6-7H2,1H3,(H,16,17)/t12-/m1/s1. The van der Waals surface area contributed by atoms with Crippen molar-refractivity contribution in [1.82, 2.24) is 0 Å². The number of hydrogen-bond acceptors (Lipinski definition) is 3. The van der Waals surface area contributed by atoms with Gasteiger partial charge in [0.05, 0.1) is 17.2 Å². The van der Waals surface area contributed by atoms with E-state index in [1.54, 1.807) is 25.3 Å². The van der Waals surface area contributed by atoms with Crippen LogP contribution in [0, 0.1) is 0 Å². The first-order chi connectivity index (χ1) is 8.98. The van der Waals surface area contributed by atoms with Crippen molar-refractivity contribution in [2.45, 2.75) is 37.2 Å². The average molecular weight is 329 g/mol.